The highest BCUT2D eigenvalue weighted by molar-refractivity contribution is 5.70. The number of aliphatic carboxylic acids is 1. The van der Waals surface area contributed by atoms with Gasteiger partial charge in [0.15, 0.2) is 0 Å². The molecule has 0 radical (unpaired) electrons. The van der Waals surface area contributed by atoms with Crippen molar-refractivity contribution in [3.63, 3.8) is 0 Å². The zero-order valence-corrected chi connectivity index (χ0v) is 9.55. The summed E-state index contributed by atoms with van der Waals surface area (Å²) in [5.74, 6) is -1.04. The Morgan fingerprint density at radius 3 is 2.83 bits per heavy atom. The van der Waals surface area contributed by atoms with Crippen LogP contribution in [-0.2, 0) is 24.1 Å². The highest BCUT2D eigenvalue weighted by atomic mass is 19.4. The van der Waals surface area contributed by atoms with Crippen molar-refractivity contribution in [2.75, 3.05) is 0 Å². The van der Waals surface area contributed by atoms with Gasteiger partial charge in [0.05, 0.1) is 18.0 Å². The Kier molecular flexibility index (Phi) is 3.32. The number of halogens is 3. The second-order valence-corrected chi connectivity index (χ2v) is 4.50. The molecule has 1 atom stereocenters. The van der Waals surface area contributed by atoms with E-state index in [-0.39, 0.29) is 6.42 Å². The van der Waals surface area contributed by atoms with Gasteiger partial charge in [-0.3, -0.25) is 4.79 Å². The number of H-pyrrole nitrogens is 1. The lowest BCUT2D eigenvalue weighted by molar-refractivity contribution is -0.142. The highest BCUT2D eigenvalue weighted by Gasteiger charge is 2.29. The summed E-state index contributed by atoms with van der Waals surface area (Å²) in [7, 11) is 0. The predicted octanol–water partition coefficient (Wildman–Crippen LogP) is 2.09. The van der Waals surface area contributed by atoms with Gasteiger partial charge in [0.1, 0.15) is 5.82 Å². The molecular formula is C11H13F3N2O2. The quantitative estimate of drug-likeness (QED) is 0.876. The summed E-state index contributed by atoms with van der Waals surface area (Å²) in [6, 6.07) is 0. The summed E-state index contributed by atoms with van der Waals surface area (Å²) in [5, 5.41) is 8.90. The molecule has 7 heteroatoms. The van der Waals surface area contributed by atoms with Crippen LogP contribution in [0.5, 0.6) is 0 Å². The van der Waals surface area contributed by atoms with Gasteiger partial charge in [-0.15, -0.1) is 0 Å². The molecule has 0 saturated heterocycles. The minimum Gasteiger partial charge on any atom is -0.481 e. The van der Waals surface area contributed by atoms with Crippen LogP contribution in [0.4, 0.5) is 13.2 Å². The Bertz CT molecular complexity index is 454. The van der Waals surface area contributed by atoms with Crippen molar-refractivity contribution >= 4 is 5.97 Å². The fourth-order valence-corrected chi connectivity index (χ4v) is 2.13. The molecule has 0 spiro atoms. The first kappa shape index (κ1) is 12.9. The van der Waals surface area contributed by atoms with Crippen LogP contribution < -0.4 is 0 Å². The van der Waals surface area contributed by atoms with Crippen molar-refractivity contribution in [1.29, 1.82) is 0 Å². The van der Waals surface area contributed by atoms with E-state index >= 15 is 0 Å². The summed E-state index contributed by atoms with van der Waals surface area (Å²) in [5.41, 5.74) is 1.38. The first-order chi connectivity index (χ1) is 8.35. The molecule has 4 nitrogen and oxygen atoms in total. The summed E-state index contributed by atoms with van der Waals surface area (Å²) >= 11 is 0. The van der Waals surface area contributed by atoms with E-state index in [1.165, 1.54) is 0 Å². The average molecular weight is 262 g/mol. The number of nitrogens with one attached hydrogen (secondary N) is 1. The van der Waals surface area contributed by atoms with Crippen LogP contribution >= 0.6 is 0 Å². The lowest BCUT2D eigenvalue weighted by atomic mass is 9.90. The number of carboxylic acids is 1. The van der Waals surface area contributed by atoms with Gasteiger partial charge in [-0.25, -0.2) is 4.98 Å². The lowest BCUT2D eigenvalue weighted by Crippen LogP contribution is -2.22. The van der Waals surface area contributed by atoms with Crippen LogP contribution in [0, 0.1) is 5.92 Å². The summed E-state index contributed by atoms with van der Waals surface area (Å²) in [4.78, 5) is 17.8. The number of carbonyl (C=O) groups is 1. The average Bonchev–Trinajstić information content (AvgIpc) is 2.66. The van der Waals surface area contributed by atoms with Crippen molar-refractivity contribution in [2.45, 2.75) is 38.3 Å². The Labute approximate surface area is 101 Å². The molecule has 100 valence electrons. The molecule has 0 fully saturated rings. The first-order valence-electron chi connectivity index (χ1n) is 5.71. The molecule has 0 bridgehead atoms. The number of aryl methyl sites for hydroxylation is 2. The molecule has 0 aromatic carbocycles. The lowest BCUT2D eigenvalue weighted by Gasteiger charge is -2.16. The molecule has 1 aromatic heterocycles. The van der Waals surface area contributed by atoms with E-state index in [2.05, 4.69) is 9.97 Å². The number of fused-ring (bicyclic) bond motifs is 1. The van der Waals surface area contributed by atoms with Crippen LogP contribution in [0.3, 0.4) is 0 Å². The minimum atomic E-state index is -4.20. The Hall–Kier alpha value is -1.53. The van der Waals surface area contributed by atoms with Gasteiger partial charge < -0.3 is 10.1 Å². The maximum atomic E-state index is 12.1. The van der Waals surface area contributed by atoms with Gasteiger partial charge in [-0.2, -0.15) is 13.2 Å². The Morgan fingerprint density at radius 2 is 2.22 bits per heavy atom. The van der Waals surface area contributed by atoms with Crippen LogP contribution in [-0.4, -0.2) is 27.2 Å². The Morgan fingerprint density at radius 1 is 1.50 bits per heavy atom. The molecule has 1 aromatic rings. The van der Waals surface area contributed by atoms with Crippen molar-refractivity contribution < 1.29 is 23.1 Å². The molecular weight excluding hydrogens is 249 g/mol. The molecule has 2 rings (SSSR count). The monoisotopic (exact) mass is 262 g/mol. The summed E-state index contributed by atoms with van der Waals surface area (Å²) in [6.45, 7) is 0. The van der Waals surface area contributed by atoms with Gasteiger partial charge in [-0.1, -0.05) is 0 Å². The summed E-state index contributed by atoms with van der Waals surface area (Å²) in [6.07, 6.45) is -3.97. The molecule has 1 heterocycles. The third kappa shape index (κ3) is 3.02. The smallest absolute Gasteiger partial charge is 0.389 e. The van der Waals surface area contributed by atoms with Crippen molar-refractivity contribution in [3.8, 4) is 0 Å². The number of hydrogen-bond donors (Lipinski definition) is 2. The fourth-order valence-electron chi connectivity index (χ4n) is 2.13. The number of rotatable bonds is 3. The standard InChI is InChI=1S/C11H13F3N2O2/c12-11(13,14)4-3-9-15-7-2-1-6(10(17)18)5-8(7)16-9/h6H,1-5H2,(H,15,16)(H,17,18). The molecule has 0 amide bonds. The first-order valence-corrected chi connectivity index (χ1v) is 5.71. The van der Waals surface area contributed by atoms with Crippen molar-refractivity contribution in [2.24, 2.45) is 5.92 Å². The molecule has 1 unspecified atom stereocenters. The second kappa shape index (κ2) is 4.62. The number of carboxylic acid groups (broad SMARTS) is 1. The van der Waals surface area contributed by atoms with Gasteiger partial charge in [-0.05, 0) is 12.8 Å². The largest absolute Gasteiger partial charge is 0.481 e. The maximum absolute atomic E-state index is 12.1. The van der Waals surface area contributed by atoms with Crippen molar-refractivity contribution in [1.82, 2.24) is 9.97 Å². The molecule has 2 N–H and O–H groups in total. The zero-order valence-electron chi connectivity index (χ0n) is 9.55. The molecule has 18 heavy (non-hydrogen) atoms. The van der Waals surface area contributed by atoms with E-state index in [0.29, 0.717) is 36.5 Å². The Balaban J connectivity index is 2.04. The van der Waals surface area contributed by atoms with E-state index in [4.69, 9.17) is 5.11 Å². The van der Waals surface area contributed by atoms with Gasteiger partial charge in [0.25, 0.3) is 0 Å². The molecule has 1 aliphatic carbocycles. The van der Waals surface area contributed by atoms with Crippen LogP contribution in [0.15, 0.2) is 0 Å². The molecule has 1 aliphatic rings. The van der Waals surface area contributed by atoms with Gasteiger partial charge in [0, 0.05) is 18.5 Å². The third-order valence-electron chi connectivity index (χ3n) is 3.09. The topological polar surface area (TPSA) is 66.0 Å². The predicted molar refractivity (Wildman–Crippen MR) is 56.1 cm³/mol. The fraction of sp³-hybridized carbons (Fsp3) is 0.636. The number of hydrogen-bond acceptors (Lipinski definition) is 2. The summed E-state index contributed by atoms with van der Waals surface area (Å²) < 4.78 is 36.2. The van der Waals surface area contributed by atoms with Gasteiger partial charge in [0.2, 0.25) is 0 Å². The van der Waals surface area contributed by atoms with Crippen LogP contribution in [0.25, 0.3) is 0 Å². The van der Waals surface area contributed by atoms with E-state index in [1.54, 1.807) is 0 Å². The SMILES string of the molecule is O=C(O)C1CCc2nc(CCC(F)(F)F)[nH]c2C1. The number of alkyl halides is 3. The van der Waals surface area contributed by atoms with E-state index in [9.17, 15) is 18.0 Å². The second-order valence-electron chi connectivity index (χ2n) is 4.50. The number of aromatic amines is 1. The third-order valence-corrected chi connectivity index (χ3v) is 3.09. The van der Waals surface area contributed by atoms with Crippen molar-refractivity contribution in [3.05, 3.63) is 17.2 Å². The zero-order chi connectivity index (χ0) is 13.3. The van der Waals surface area contributed by atoms with E-state index < -0.39 is 24.5 Å². The molecule has 0 saturated carbocycles. The number of aromatic nitrogens is 2. The minimum absolute atomic E-state index is 0.186. The number of nitrogens with zero attached hydrogens (tertiary/aromatic N) is 1. The van der Waals surface area contributed by atoms with Crippen LogP contribution in [0.1, 0.15) is 30.1 Å². The molecule has 0 aliphatic heterocycles. The maximum Gasteiger partial charge on any atom is 0.389 e. The van der Waals surface area contributed by atoms with Crippen LogP contribution in [0.2, 0.25) is 0 Å². The highest BCUT2D eigenvalue weighted by Crippen LogP contribution is 2.26. The number of imidazole rings is 1. The van der Waals surface area contributed by atoms with E-state index in [1.807, 2.05) is 0 Å². The normalized spacial score (nSPS) is 19.6. The van der Waals surface area contributed by atoms with Gasteiger partial charge >= 0.3 is 12.1 Å². The van der Waals surface area contributed by atoms with E-state index in [0.717, 1.165) is 0 Å².